The molecule has 1 aromatic rings. The maximum absolute atomic E-state index is 10.6. The van der Waals surface area contributed by atoms with Crippen LogP contribution in [0.15, 0.2) is 23.1 Å². The molecule has 8 nitrogen and oxygen atoms in total. The molecule has 0 aromatic heterocycles. The van der Waals surface area contributed by atoms with Gasteiger partial charge < -0.3 is 21.2 Å². The maximum atomic E-state index is 10.6. The third-order valence-corrected chi connectivity index (χ3v) is 2.35. The number of carbonyl (C=O) groups is 1. The molecule has 0 amide bonds. The van der Waals surface area contributed by atoms with Crippen LogP contribution in [0.2, 0.25) is 0 Å². The fourth-order valence-corrected chi connectivity index (χ4v) is 1.35. The smallest absolute Gasteiger partial charge is 0.339 e. The summed E-state index contributed by atoms with van der Waals surface area (Å²) in [6, 6.07) is 2.44. The third-order valence-electron chi connectivity index (χ3n) is 1.50. The van der Waals surface area contributed by atoms with Gasteiger partial charge in [-0.05, 0) is 12.1 Å². The molecule has 0 aliphatic rings. The number of hydrogen-bond donors (Lipinski definition) is 3. The number of carboxylic acid groups (broad SMARTS) is 1. The molecule has 0 atom stereocenters. The van der Waals surface area contributed by atoms with Crippen LogP contribution < -0.4 is 0 Å². The van der Waals surface area contributed by atoms with E-state index in [0.717, 1.165) is 12.1 Å². The molecule has 0 unspecified atom stereocenters. The molecule has 92 valence electrons. The first-order valence-corrected chi connectivity index (χ1v) is 4.80. The van der Waals surface area contributed by atoms with Gasteiger partial charge in [0.2, 0.25) is 0 Å². The molecular formula is C7H10O8S. The van der Waals surface area contributed by atoms with E-state index < -0.39 is 32.3 Å². The van der Waals surface area contributed by atoms with Crippen LogP contribution in [0.5, 0.6) is 5.75 Å². The van der Waals surface area contributed by atoms with Gasteiger partial charge in [0.25, 0.3) is 10.1 Å². The SMILES string of the molecule is O.O.O=C(O)c1ccc(S(=O)(=O)O)cc1O. The second kappa shape index (κ2) is 5.42. The van der Waals surface area contributed by atoms with Gasteiger partial charge in [0.05, 0.1) is 4.90 Å². The van der Waals surface area contributed by atoms with Crippen molar-refractivity contribution in [3.05, 3.63) is 23.8 Å². The molecule has 0 spiro atoms. The second-order valence-corrected chi connectivity index (χ2v) is 3.88. The molecule has 0 bridgehead atoms. The zero-order valence-corrected chi connectivity index (χ0v) is 8.52. The number of aromatic carboxylic acids is 1. The van der Waals surface area contributed by atoms with Crippen LogP contribution in [0.4, 0.5) is 0 Å². The zero-order chi connectivity index (χ0) is 10.9. The minimum Gasteiger partial charge on any atom is -0.507 e. The largest absolute Gasteiger partial charge is 0.507 e. The Kier molecular flexibility index (Phi) is 5.67. The summed E-state index contributed by atoms with van der Waals surface area (Å²) in [5.41, 5.74) is -0.433. The zero-order valence-electron chi connectivity index (χ0n) is 7.71. The summed E-state index contributed by atoms with van der Waals surface area (Å²) < 4.78 is 29.7. The summed E-state index contributed by atoms with van der Waals surface area (Å²) in [4.78, 5) is 9.86. The summed E-state index contributed by atoms with van der Waals surface area (Å²) >= 11 is 0. The van der Waals surface area contributed by atoms with Gasteiger partial charge in [-0.1, -0.05) is 0 Å². The molecule has 0 saturated carbocycles. The van der Waals surface area contributed by atoms with Crippen molar-refractivity contribution in [1.29, 1.82) is 0 Å². The molecule has 16 heavy (non-hydrogen) atoms. The highest BCUT2D eigenvalue weighted by molar-refractivity contribution is 7.85. The minimum absolute atomic E-state index is 0. The standard InChI is InChI=1S/C7H6O6S.2H2O/c8-6-3-4(14(11,12)13)1-2-5(6)7(9)10;;/h1-3,8H,(H,9,10)(H,11,12,13);2*1H2. The van der Waals surface area contributed by atoms with Gasteiger partial charge in [0.15, 0.2) is 0 Å². The Labute approximate surface area is 90.1 Å². The van der Waals surface area contributed by atoms with E-state index in [0.29, 0.717) is 6.07 Å². The predicted molar refractivity (Wildman–Crippen MR) is 52.1 cm³/mol. The van der Waals surface area contributed by atoms with E-state index in [2.05, 4.69) is 0 Å². The Morgan fingerprint density at radius 1 is 1.19 bits per heavy atom. The monoisotopic (exact) mass is 254 g/mol. The number of benzene rings is 1. The van der Waals surface area contributed by atoms with Gasteiger partial charge in [0, 0.05) is 6.07 Å². The molecule has 0 aliphatic heterocycles. The number of hydrogen-bond acceptors (Lipinski definition) is 4. The quantitative estimate of drug-likeness (QED) is 0.551. The van der Waals surface area contributed by atoms with E-state index in [1.165, 1.54) is 0 Å². The molecule has 1 rings (SSSR count). The highest BCUT2D eigenvalue weighted by Crippen LogP contribution is 2.21. The van der Waals surface area contributed by atoms with Crippen molar-refractivity contribution in [1.82, 2.24) is 0 Å². The first-order chi connectivity index (χ1) is 6.32. The molecule has 0 aliphatic carbocycles. The van der Waals surface area contributed by atoms with E-state index in [1.54, 1.807) is 0 Å². The number of carboxylic acids is 1. The van der Waals surface area contributed by atoms with Gasteiger partial charge in [-0.15, -0.1) is 0 Å². The van der Waals surface area contributed by atoms with Gasteiger partial charge in [0.1, 0.15) is 11.3 Å². The van der Waals surface area contributed by atoms with Crippen molar-refractivity contribution in [2.24, 2.45) is 0 Å². The van der Waals surface area contributed by atoms with Crippen molar-refractivity contribution in [3.8, 4) is 5.75 Å². The number of aromatic hydroxyl groups is 1. The molecular weight excluding hydrogens is 244 g/mol. The van der Waals surface area contributed by atoms with E-state index >= 15 is 0 Å². The Balaban J connectivity index is 0. The van der Waals surface area contributed by atoms with Gasteiger partial charge in [-0.2, -0.15) is 8.42 Å². The van der Waals surface area contributed by atoms with Crippen molar-refractivity contribution in [2.75, 3.05) is 0 Å². The fourth-order valence-electron chi connectivity index (χ4n) is 0.853. The number of phenols is 1. The average Bonchev–Trinajstić information content (AvgIpc) is 2.01. The van der Waals surface area contributed by atoms with Gasteiger partial charge in [-0.3, -0.25) is 4.55 Å². The van der Waals surface area contributed by atoms with E-state index in [1.807, 2.05) is 0 Å². The number of rotatable bonds is 2. The second-order valence-electron chi connectivity index (χ2n) is 2.46. The third kappa shape index (κ3) is 3.47. The van der Waals surface area contributed by atoms with Crippen molar-refractivity contribution >= 4 is 16.1 Å². The molecule has 7 N–H and O–H groups in total. The Morgan fingerprint density at radius 2 is 1.69 bits per heavy atom. The molecule has 1 aromatic carbocycles. The van der Waals surface area contributed by atoms with Gasteiger partial charge >= 0.3 is 5.97 Å². The van der Waals surface area contributed by atoms with Crippen LogP contribution in [0.25, 0.3) is 0 Å². The van der Waals surface area contributed by atoms with E-state index in [4.69, 9.17) is 14.8 Å². The Bertz CT molecular complexity index is 477. The van der Waals surface area contributed by atoms with Crippen LogP contribution in [0, 0.1) is 0 Å². The predicted octanol–water partition coefficient (Wildman–Crippen LogP) is -1.31. The first-order valence-electron chi connectivity index (χ1n) is 3.36. The summed E-state index contributed by atoms with van der Waals surface area (Å²) in [5.74, 6) is -2.10. The Hall–Kier alpha value is -1.68. The lowest BCUT2D eigenvalue weighted by atomic mass is 10.2. The topological polar surface area (TPSA) is 175 Å². The van der Waals surface area contributed by atoms with E-state index in [9.17, 15) is 13.2 Å². The summed E-state index contributed by atoms with van der Waals surface area (Å²) in [6.45, 7) is 0. The Morgan fingerprint density at radius 3 is 2.00 bits per heavy atom. The van der Waals surface area contributed by atoms with Crippen molar-refractivity contribution < 1.29 is 38.9 Å². The summed E-state index contributed by atoms with van der Waals surface area (Å²) in [6.07, 6.45) is 0. The van der Waals surface area contributed by atoms with Crippen molar-refractivity contribution in [2.45, 2.75) is 4.90 Å². The van der Waals surface area contributed by atoms with Crippen LogP contribution >= 0.6 is 0 Å². The molecule has 0 fully saturated rings. The lowest BCUT2D eigenvalue weighted by Gasteiger charge is -2.01. The van der Waals surface area contributed by atoms with Gasteiger partial charge in [-0.25, -0.2) is 4.79 Å². The highest BCUT2D eigenvalue weighted by Gasteiger charge is 2.15. The average molecular weight is 254 g/mol. The minimum atomic E-state index is -4.42. The molecule has 0 saturated heterocycles. The van der Waals surface area contributed by atoms with Crippen LogP contribution in [-0.4, -0.2) is 40.1 Å². The first kappa shape index (κ1) is 16.7. The lowest BCUT2D eigenvalue weighted by Crippen LogP contribution is -2.01. The van der Waals surface area contributed by atoms with Crippen LogP contribution in [0.3, 0.4) is 0 Å². The van der Waals surface area contributed by atoms with Crippen LogP contribution in [-0.2, 0) is 10.1 Å². The molecule has 9 heteroatoms. The molecule has 0 radical (unpaired) electrons. The summed E-state index contributed by atoms with van der Waals surface area (Å²) in [5, 5.41) is 17.6. The lowest BCUT2D eigenvalue weighted by molar-refractivity contribution is 0.0693. The van der Waals surface area contributed by atoms with E-state index in [-0.39, 0.29) is 11.0 Å². The summed E-state index contributed by atoms with van der Waals surface area (Å²) in [7, 11) is -4.42. The highest BCUT2D eigenvalue weighted by atomic mass is 32.2. The molecule has 0 heterocycles. The normalized spacial score (nSPS) is 9.81. The maximum Gasteiger partial charge on any atom is 0.339 e. The fraction of sp³-hybridized carbons (Fsp3) is 0. The van der Waals surface area contributed by atoms with Crippen LogP contribution in [0.1, 0.15) is 10.4 Å². The van der Waals surface area contributed by atoms with Crippen molar-refractivity contribution in [3.63, 3.8) is 0 Å².